The molecule has 0 spiro atoms. The first-order valence-electron chi connectivity index (χ1n) is 11.8. The number of hydrogen-bond acceptors (Lipinski definition) is 5. The molecule has 34 heavy (non-hydrogen) atoms. The number of halogens is 1. The van der Waals surface area contributed by atoms with Gasteiger partial charge in [0.05, 0.1) is 40.9 Å². The number of carbonyl (C=O) groups is 3. The van der Waals surface area contributed by atoms with Crippen LogP contribution < -0.4 is 0 Å². The van der Waals surface area contributed by atoms with Gasteiger partial charge >= 0.3 is 11.9 Å². The van der Waals surface area contributed by atoms with E-state index in [0.29, 0.717) is 54.3 Å². The minimum absolute atomic E-state index is 0.172. The molecule has 0 bridgehead atoms. The number of ether oxygens (including phenoxy) is 1. The fourth-order valence-electron chi connectivity index (χ4n) is 5.29. The third kappa shape index (κ3) is 4.06. The molecule has 1 aromatic heterocycles. The Hall–Kier alpha value is -2.93. The van der Waals surface area contributed by atoms with E-state index in [1.165, 1.54) is 11.8 Å². The predicted molar refractivity (Wildman–Crippen MR) is 126 cm³/mol. The van der Waals surface area contributed by atoms with E-state index in [9.17, 15) is 19.5 Å². The lowest BCUT2D eigenvalue weighted by Gasteiger charge is -2.22. The molecule has 0 radical (unpaired) electrons. The zero-order chi connectivity index (χ0) is 24.0. The molecule has 0 amide bonds. The second-order valence-electron chi connectivity index (χ2n) is 9.47. The van der Waals surface area contributed by atoms with Crippen LogP contribution in [0.3, 0.4) is 0 Å². The third-order valence-electron chi connectivity index (χ3n) is 7.34. The van der Waals surface area contributed by atoms with Crippen molar-refractivity contribution in [1.29, 1.82) is 0 Å². The fraction of sp³-hybridized carbons (Fsp3) is 0.462. The van der Waals surface area contributed by atoms with Crippen molar-refractivity contribution in [3.05, 3.63) is 57.4 Å². The molecule has 2 atom stereocenters. The van der Waals surface area contributed by atoms with Gasteiger partial charge in [0.2, 0.25) is 0 Å². The Bertz CT molecular complexity index is 1210. The number of esters is 1. The van der Waals surface area contributed by atoms with Crippen LogP contribution in [0, 0.1) is 11.8 Å². The van der Waals surface area contributed by atoms with Gasteiger partial charge in [-0.1, -0.05) is 29.8 Å². The average Bonchev–Trinajstić information content (AvgIpc) is 3.63. The maximum Gasteiger partial charge on any atom is 0.308 e. The highest BCUT2D eigenvalue weighted by molar-refractivity contribution is 6.34. The molecular weight excluding hydrogens is 456 g/mol. The van der Waals surface area contributed by atoms with Crippen molar-refractivity contribution < 1.29 is 24.2 Å². The molecule has 1 N–H and O–H groups in total. The molecule has 1 saturated carbocycles. The molecular formula is C26H27ClN2O5. The molecule has 1 unspecified atom stereocenters. The lowest BCUT2D eigenvalue weighted by atomic mass is 9.83. The van der Waals surface area contributed by atoms with Crippen LogP contribution in [0.2, 0.25) is 5.02 Å². The quantitative estimate of drug-likeness (QED) is 0.623. The first-order chi connectivity index (χ1) is 16.4. The van der Waals surface area contributed by atoms with E-state index < -0.39 is 11.9 Å². The van der Waals surface area contributed by atoms with Crippen molar-refractivity contribution in [3.8, 4) is 0 Å². The highest BCUT2D eigenvalue weighted by Crippen LogP contribution is 2.44. The largest absolute Gasteiger partial charge is 0.481 e. The first-order valence-corrected chi connectivity index (χ1v) is 12.2. The summed E-state index contributed by atoms with van der Waals surface area (Å²) in [5, 5.41) is 14.8. The maximum absolute atomic E-state index is 13.8. The Morgan fingerprint density at radius 1 is 1.12 bits per heavy atom. The molecule has 0 saturated heterocycles. The summed E-state index contributed by atoms with van der Waals surface area (Å²) in [6.07, 6.45) is 7.24. The SMILES string of the molecule is COC(=O)C1CC=C(c2nn(C(=O)c3c(Cl)cccc3C3CC3)c3c2CC[C@H](C(=O)O)C3)CC1. The fourth-order valence-corrected chi connectivity index (χ4v) is 5.55. The van der Waals surface area contributed by atoms with E-state index in [2.05, 4.69) is 0 Å². The number of methoxy groups -OCH3 is 1. The summed E-state index contributed by atoms with van der Waals surface area (Å²) in [4.78, 5) is 37.5. The highest BCUT2D eigenvalue weighted by Gasteiger charge is 2.36. The van der Waals surface area contributed by atoms with Gasteiger partial charge < -0.3 is 9.84 Å². The van der Waals surface area contributed by atoms with Crippen molar-refractivity contribution in [3.63, 3.8) is 0 Å². The van der Waals surface area contributed by atoms with Crippen molar-refractivity contribution in [2.45, 2.75) is 57.3 Å². The molecule has 0 aliphatic heterocycles. The summed E-state index contributed by atoms with van der Waals surface area (Å²) in [5.74, 6) is -1.78. The van der Waals surface area contributed by atoms with E-state index in [0.717, 1.165) is 35.2 Å². The van der Waals surface area contributed by atoms with Crippen molar-refractivity contribution in [2.75, 3.05) is 7.11 Å². The van der Waals surface area contributed by atoms with Crippen molar-refractivity contribution in [2.24, 2.45) is 11.8 Å². The summed E-state index contributed by atoms with van der Waals surface area (Å²) in [6.45, 7) is 0. The number of carboxylic acids is 1. The second kappa shape index (κ2) is 9.02. The number of aromatic nitrogens is 2. The van der Waals surface area contributed by atoms with Gasteiger partial charge in [0.1, 0.15) is 0 Å². The molecule has 3 aliphatic carbocycles. The Morgan fingerprint density at radius 2 is 1.88 bits per heavy atom. The number of hydrogen-bond donors (Lipinski definition) is 1. The molecule has 1 aromatic carbocycles. The van der Waals surface area contributed by atoms with Crippen LogP contribution in [0.1, 0.15) is 77.3 Å². The zero-order valence-electron chi connectivity index (χ0n) is 19.1. The normalized spacial score (nSPS) is 22.0. The number of carboxylic acid groups (broad SMARTS) is 1. The van der Waals surface area contributed by atoms with E-state index in [1.807, 2.05) is 18.2 Å². The van der Waals surface area contributed by atoms with Gasteiger partial charge in [0.15, 0.2) is 0 Å². The zero-order valence-corrected chi connectivity index (χ0v) is 19.8. The first kappa shape index (κ1) is 22.8. The summed E-state index contributed by atoms with van der Waals surface area (Å²) in [5.41, 5.74) is 4.75. The Balaban J connectivity index is 1.57. The van der Waals surface area contributed by atoms with Gasteiger partial charge in [-0.05, 0) is 68.1 Å². The second-order valence-corrected chi connectivity index (χ2v) is 9.88. The van der Waals surface area contributed by atoms with Crippen LogP contribution in [0.15, 0.2) is 24.3 Å². The minimum atomic E-state index is -0.860. The monoisotopic (exact) mass is 482 g/mol. The maximum atomic E-state index is 13.8. The van der Waals surface area contributed by atoms with E-state index in [1.54, 1.807) is 6.07 Å². The van der Waals surface area contributed by atoms with Crippen LogP contribution in [0.5, 0.6) is 0 Å². The Morgan fingerprint density at radius 3 is 2.53 bits per heavy atom. The Labute approximate surface area is 202 Å². The van der Waals surface area contributed by atoms with Gasteiger partial charge in [-0.2, -0.15) is 9.78 Å². The molecule has 7 nitrogen and oxygen atoms in total. The molecule has 178 valence electrons. The lowest BCUT2D eigenvalue weighted by Crippen LogP contribution is -2.26. The Kier molecular flexibility index (Phi) is 6.06. The number of fused-ring (bicyclic) bond motifs is 1. The smallest absolute Gasteiger partial charge is 0.308 e. The molecule has 3 aliphatic rings. The number of allylic oxidation sites excluding steroid dienone is 2. The molecule has 2 aromatic rings. The van der Waals surface area contributed by atoms with E-state index in [4.69, 9.17) is 21.4 Å². The summed E-state index contributed by atoms with van der Waals surface area (Å²) in [7, 11) is 1.40. The standard InChI is InChI=1S/C26H27ClN2O5/c1-34-26(33)16-9-7-15(8-10-16)23-19-12-11-17(25(31)32)13-21(19)29(28-23)24(30)22-18(14-5-6-14)3-2-4-20(22)27/h2-4,7,14,16-17H,5-6,8-13H2,1H3,(H,31,32)/t16?,17-/m0/s1. The van der Waals surface area contributed by atoms with Crippen LogP contribution in [-0.4, -0.2) is 39.8 Å². The number of aliphatic carboxylic acids is 1. The van der Waals surface area contributed by atoms with E-state index in [-0.39, 0.29) is 24.2 Å². The molecule has 1 fully saturated rings. The van der Waals surface area contributed by atoms with Crippen molar-refractivity contribution in [1.82, 2.24) is 9.78 Å². The summed E-state index contributed by atoms with van der Waals surface area (Å²) in [6, 6.07) is 5.53. The minimum Gasteiger partial charge on any atom is -0.481 e. The van der Waals surface area contributed by atoms with Crippen LogP contribution in [0.25, 0.3) is 5.57 Å². The number of carbonyl (C=O) groups excluding carboxylic acids is 2. The van der Waals surface area contributed by atoms with Crippen LogP contribution in [0.4, 0.5) is 0 Å². The van der Waals surface area contributed by atoms with Crippen LogP contribution in [-0.2, 0) is 27.2 Å². The topological polar surface area (TPSA) is 98.5 Å². The average molecular weight is 483 g/mol. The summed E-state index contributed by atoms with van der Waals surface area (Å²) < 4.78 is 6.29. The molecule has 1 heterocycles. The number of nitrogens with zero attached hydrogens (tertiary/aromatic N) is 2. The molecule has 8 heteroatoms. The van der Waals surface area contributed by atoms with Crippen molar-refractivity contribution >= 4 is 35.0 Å². The predicted octanol–water partition coefficient (Wildman–Crippen LogP) is 4.65. The van der Waals surface area contributed by atoms with Gasteiger partial charge in [-0.3, -0.25) is 14.4 Å². The van der Waals surface area contributed by atoms with Gasteiger partial charge in [0, 0.05) is 12.0 Å². The third-order valence-corrected chi connectivity index (χ3v) is 7.66. The van der Waals surface area contributed by atoms with Crippen LogP contribution >= 0.6 is 11.6 Å². The molecule has 5 rings (SSSR count). The summed E-state index contributed by atoms with van der Waals surface area (Å²) >= 11 is 6.51. The van der Waals surface area contributed by atoms with E-state index >= 15 is 0 Å². The van der Waals surface area contributed by atoms with Gasteiger partial charge in [-0.25, -0.2) is 0 Å². The number of benzene rings is 1. The van der Waals surface area contributed by atoms with Gasteiger partial charge in [-0.15, -0.1) is 0 Å². The number of rotatable bonds is 5. The lowest BCUT2D eigenvalue weighted by molar-refractivity contribution is -0.145. The van der Waals surface area contributed by atoms with Gasteiger partial charge in [0.25, 0.3) is 5.91 Å². The highest BCUT2D eigenvalue weighted by atomic mass is 35.5.